The normalized spacial score (nSPS) is 11.3. The van der Waals surface area contributed by atoms with Crippen LogP contribution in [0.4, 0.5) is 0 Å². The van der Waals surface area contributed by atoms with Crippen LogP contribution in [0.25, 0.3) is 17.1 Å². The molecule has 0 atom stereocenters. The van der Waals surface area contributed by atoms with Crippen molar-refractivity contribution in [2.75, 3.05) is 13.1 Å². The molecule has 0 aliphatic rings. The number of nitrogens with one attached hydrogen (secondary N) is 2. The maximum absolute atomic E-state index is 4.52. The van der Waals surface area contributed by atoms with Gasteiger partial charge in [0.1, 0.15) is 5.82 Å². The fourth-order valence-electron chi connectivity index (χ4n) is 3.33. The Morgan fingerprint density at radius 2 is 1.77 bits per heavy atom. The molecular formula is C26H29BrN4. The molecule has 160 valence electrons. The van der Waals surface area contributed by atoms with E-state index in [0.717, 1.165) is 44.9 Å². The van der Waals surface area contributed by atoms with Crippen molar-refractivity contribution in [3.8, 4) is 0 Å². The molecule has 0 saturated carbocycles. The van der Waals surface area contributed by atoms with Crippen molar-refractivity contribution in [2.24, 2.45) is 0 Å². The molecule has 0 aliphatic carbocycles. The molecule has 0 bridgehead atoms. The number of benzene rings is 2. The van der Waals surface area contributed by atoms with Gasteiger partial charge in [0.25, 0.3) is 0 Å². The van der Waals surface area contributed by atoms with Gasteiger partial charge >= 0.3 is 0 Å². The van der Waals surface area contributed by atoms with Crippen molar-refractivity contribution in [2.45, 2.75) is 20.8 Å². The molecule has 0 unspecified atom stereocenters. The molecule has 3 aromatic rings. The average molecular weight is 477 g/mol. The summed E-state index contributed by atoms with van der Waals surface area (Å²) in [6.07, 6.45) is 3.85. The first-order valence-corrected chi connectivity index (χ1v) is 11.1. The van der Waals surface area contributed by atoms with Gasteiger partial charge < -0.3 is 10.6 Å². The maximum atomic E-state index is 4.52. The van der Waals surface area contributed by atoms with E-state index in [9.17, 15) is 0 Å². The van der Waals surface area contributed by atoms with Crippen LogP contribution in [0.5, 0.6) is 0 Å². The van der Waals surface area contributed by atoms with Crippen LogP contribution in [0, 0.1) is 20.8 Å². The number of halogens is 1. The summed E-state index contributed by atoms with van der Waals surface area (Å²) in [5, 5.41) is 11.4. The van der Waals surface area contributed by atoms with Crippen LogP contribution < -0.4 is 10.6 Å². The summed E-state index contributed by atoms with van der Waals surface area (Å²) in [5.74, 6) is 0.874. The summed E-state index contributed by atoms with van der Waals surface area (Å²) < 4.78 is 2.86. The Hall–Kier alpha value is -3.05. The van der Waals surface area contributed by atoms with Gasteiger partial charge in [-0.1, -0.05) is 61.2 Å². The molecule has 5 heteroatoms. The molecule has 2 aromatic carbocycles. The topological polar surface area (TPSA) is 41.9 Å². The molecule has 4 nitrogen and oxygen atoms in total. The number of hydrogen-bond acceptors (Lipinski definition) is 3. The van der Waals surface area contributed by atoms with Crippen LogP contribution in [-0.2, 0) is 0 Å². The van der Waals surface area contributed by atoms with Gasteiger partial charge in [-0.3, -0.25) is 0 Å². The molecule has 1 aromatic heterocycles. The Kier molecular flexibility index (Phi) is 7.53. The highest BCUT2D eigenvalue weighted by Gasteiger charge is 2.10. The lowest BCUT2D eigenvalue weighted by molar-refractivity contribution is 0.727. The molecule has 31 heavy (non-hydrogen) atoms. The second-order valence-corrected chi connectivity index (χ2v) is 8.42. The molecule has 0 radical (unpaired) electrons. The summed E-state index contributed by atoms with van der Waals surface area (Å²) in [5.41, 5.74) is 7.51. The number of nitrogens with zero attached hydrogens (tertiary/aromatic N) is 2. The highest BCUT2D eigenvalue weighted by Crippen LogP contribution is 2.22. The van der Waals surface area contributed by atoms with Crippen LogP contribution in [0.2, 0.25) is 0 Å². The van der Waals surface area contributed by atoms with Gasteiger partial charge in [-0.25, -0.2) is 4.68 Å². The minimum absolute atomic E-state index is 0.703. The van der Waals surface area contributed by atoms with Crippen molar-refractivity contribution in [3.05, 3.63) is 106 Å². The largest absolute Gasteiger partial charge is 0.383 e. The Balaban J connectivity index is 1.72. The third-order valence-electron chi connectivity index (χ3n) is 5.12. The number of allylic oxidation sites excluding steroid dienone is 2. The monoisotopic (exact) mass is 476 g/mol. The van der Waals surface area contributed by atoms with Crippen LogP contribution in [-0.4, -0.2) is 22.9 Å². The molecule has 0 saturated heterocycles. The van der Waals surface area contributed by atoms with Crippen molar-refractivity contribution < 1.29 is 0 Å². The Morgan fingerprint density at radius 1 is 1.03 bits per heavy atom. The van der Waals surface area contributed by atoms with Crippen molar-refractivity contribution in [1.82, 2.24) is 20.4 Å². The minimum Gasteiger partial charge on any atom is -0.383 e. The Bertz CT molecular complexity index is 1120. The summed E-state index contributed by atoms with van der Waals surface area (Å²) in [6.45, 7) is 16.1. The van der Waals surface area contributed by atoms with Gasteiger partial charge in [-0.05, 0) is 71.1 Å². The van der Waals surface area contributed by atoms with Gasteiger partial charge in [0, 0.05) is 18.8 Å². The van der Waals surface area contributed by atoms with Crippen LogP contribution in [0.3, 0.4) is 0 Å². The molecule has 0 aliphatic heterocycles. The number of aryl methyl sites for hydroxylation is 2. The molecule has 0 amide bonds. The molecule has 3 rings (SSSR count). The van der Waals surface area contributed by atoms with E-state index in [1.807, 2.05) is 35.9 Å². The summed E-state index contributed by atoms with van der Waals surface area (Å²) in [4.78, 5) is 0. The zero-order chi connectivity index (χ0) is 22.4. The molecule has 1 heterocycles. The summed E-state index contributed by atoms with van der Waals surface area (Å²) in [7, 11) is 0. The van der Waals surface area contributed by atoms with Crippen LogP contribution >= 0.6 is 15.9 Å². The van der Waals surface area contributed by atoms with Gasteiger partial charge in [0.2, 0.25) is 0 Å². The van der Waals surface area contributed by atoms with E-state index in [2.05, 4.69) is 89.0 Å². The number of rotatable bonds is 9. The number of hydrogen-bond donors (Lipinski definition) is 2. The van der Waals surface area contributed by atoms with Crippen LogP contribution in [0.1, 0.15) is 27.9 Å². The molecule has 0 fully saturated rings. The fourth-order valence-corrected chi connectivity index (χ4v) is 3.59. The summed E-state index contributed by atoms with van der Waals surface area (Å²) >= 11 is 3.56. The second-order valence-electron chi connectivity index (χ2n) is 7.56. The lowest BCUT2D eigenvalue weighted by Crippen LogP contribution is -2.28. The van der Waals surface area contributed by atoms with E-state index < -0.39 is 0 Å². The second kappa shape index (κ2) is 10.3. The standard InChI is InChI=1S/C26H29BrN4/c1-18-9-8-11-23(15-18)21(4)28-13-14-29-26(31-22(5)25(27)17-30-31)16-20(3)24-12-7-6-10-19(24)2/h6-12,15-17,28-29H,3-4,13-14H2,1-2,5H3/b26-16-. The van der Waals surface area contributed by atoms with E-state index in [0.29, 0.717) is 6.54 Å². The van der Waals surface area contributed by atoms with Gasteiger partial charge in [-0.2, -0.15) is 5.10 Å². The number of aromatic nitrogens is 2. The highest BCUT2D eigenvalue weighted by molar-refractivity contribution is 9.10. The Labute approximate surface area is 193 Å². The predicted molar refractivity (Wildman–Crippen MR) is 135 cm³/mol. The lowest BCUT2D eigenvalue weighted by atomic mass is 10.0. The molecular weight excluding hydrogens is 448 g/mol. The minimum atomic E-state index is 0.703. The smallest absolute Gasteiger partial charge is 0.128 e. The van der Waals surface area contributed by atoms with Gasteiger partial charge in [0.05, 0.1) is 16.4 Å². The van der Waals surface area contributed by atoms with Gasteiger partial charge in [0.15, 0.2) is 0 Å². The van der Waals surface area contributed by atoms with Crippen molar-refractivity contribution in [3.63, 3.8) is 0 Å². The first-order chi connectivity index (χ1) is 14.9. The quantitative estimate of drug-likeness (QED) is 0.296. The third kappa shape index (κ3) is 5.76. The fraction of sp³-hybridized carbons (Fsp3) is 0.192. The van der Waals surface area contributed by atoms with E-state index in [1.165, 1.54) is 11.1 Å². The maximum Gasteiger partial charge on any atom is 0.128 e. The first kappa shape index (κ1) is 22.6. The van der Waals surface area contributed by atoms with Crippen LogP contribution in [0.15, 0.2) is 78.4 Å². The van der Waals surface area contributed by atoms with Gasteiger partial charge in [-0.15, -0.1) is 0 Å². The highest BCUT2D eigenvalue weighted by atomic mass is 79.9. The Morgan fingerprint density at radius 3 is 2.45 bits per heavy atom. The third-order valence-corrected chi connectivity index (χ3v) is 5.89. The lowest BCUT2D eigenvalue weighted by Gasteiger charge is -2.16. The average Bonchev–Trinajstić information content (AvgIpc) is 3.08. The van der Waals surface area contributed by atoms with Crippen molar-refractivity contribution in [1.29, 1.82) is 0 Å². The zero-order valence-electron chi connectivity index (χ0n) is 18.4. The van der Waals surface area contributed by atoms with E-state index in [4.69, 9.17) is 0 Å². The molecule has 0 spiro atoms. The molecule has 2 N–H and O–H groups in total. The van der Waals surface area contributed by atoms with E-state index >= 15 is 0 Å². The van der Waals surface area contributed by atoms with Crippen molar-refractivity contribution >= 4 is 33.0 Å². The SMILES string of the molecule is C=C(NCCN/C(=C/C(=C)c1ccccc1C)n1ncc(Br)c1C)c1cccc(C)c1. The van der Waals surface area contributed by atoms with E-state index in [-0.39, 0.29) is 0 Å². The summed E-state index contributed by atoms with van der Waals surface area (Å²) in [6, 6.07) is 16.6. The van der Waals surface area contributed by atoms with E-state index in [1.54, 1.807) is 6.20 Å². The first-order valence-electron chi connectivity index (χ1n) is 10.3. The zero-order valence-corrected chi connectivity index (χ0v) is 20.0. The predicted octanol–water partition coefficient (Wildman–Crippen LogP) is 5.93.